The van der Waals surface area contributed by atoms with Crippen molar-refractivity contribution in [2.75, 3.05) is 12.3 Å². The fraction of sp³-hybridized carbons (Fsp3) is 0.222. The van der Waals surface area contributed by atoms with E-state index in [1.165, 1.54) is 12.1 Å². The third-order valence-electron chi connectivity index (χ3n) is 1.57. The summed E-state index contributed by atoms with van der Waals surface area (Å²) in [5.41, 5.74) is 7.58. The van der Waals surface area contributed by atoms with Crippen molar-refractivity contribution in [1.29, 1.82) is 0 Å². The van der Waals surface area contributed by atoms with E-state index in [1.807, 2.05) is 0 Å². The molecule has 3 N–H and O–H groups in total. The SMILES string of the molecule is CCONC(=O)c1ccc(N)c(F)c1. The Kier molecular flexibility index (Phi) is 3.41. The first kappa shape index (κ1) is 10.5. The molecule has 1 amide bonds. The average molecular weight is 198 g/mol. The Balaban J connectivity index is 2.76. The lowest BCUT2D eigenvalue weighted by Crippen LogP contribution is -2.23. The van der Waals surface area contributed by atoms with Crippen LogP contribution in [0.2, 0.25) is 0 Å². The van der Waals surface area contributed by atoms with Gasteiger partial charge in [0.25, 0.3) is 5.91 Å². The molecule has 0 atom stereocenters. The topological polar surface area (TPSA) is 64.3 Å². The Bertz CT molecular complexity index is 342. The van der Waals surface area contributed by atoms with Gasteiger partial charge in [0, 0.05) is 5.56 Å². The Hall–Kier alpha value is -1.62. The summed E-state index contributed by atoms with van der Waals surface area (Å²) in [4.78, 5) is 15.9. The third-order valence-corrected chi connectivity index (χ3v) is 1.57. The van der Waals surface area contributed by atoms with Crippen molar-refractivity contribution >= 4 is 11.6 Å². The number of carbonyl (C=O) groups is 1. The fourth-order valence-corrected chi connectivity index (χ4v) is 0.865. The lowest BCUT2D eigenvalue weighted by molar-refractivity contribution is 0.0364. The van der Waals surface area contributed by atoms with Crippen LogP contribution in [0.4, 0.5) is 10.1 Å². The molecule has 1 aromatic rings. The summed E-state index contributed by atoms with van der Waals surface area (Å²) in [6.45, 7) is 2.08. The predicted molar refractivity (Wildman–Crippen MR) is 49.9 cm³/mol. The van der Waals surface area contributed by atoms with Gasteiger partial charge in [0.1, 0.15) is 5.82 Å². The Morgan fingerprint density at radius 1 is 1.64 bits per heavy atom. The number of anilines is 1. The van der Waals surface area contributed by atoms with Crippen LogP contribution < -0.4 is 11.2 Å². The highest BCUT2D eigenvalue weighted by Gasteiger charge is 2.07. The molecule has 0 saturated carbocycles. The number of halogens is 1. The van der Waals surface area contributed by atoms with Gasteiger partial charge in [-0.25, -0.2) is 9.87 Å². The van der Waals surface area contributed by atoms with E-state index >= 15 is 0 Å². The minimum absolute atomic E-state index is 0.0120. The molecule has 0 aliphatic heterocycles. The number of nitrogens with two attached hydrogens (primary N) is 1. The second kappa shape index (κ2) is 4.57. The van der Waals surface area contributed by atoms with Gasteiger partial charge < -0.3 is 5.73 Å². The summed E-state index contributed by atoms with van der Waals surface area (Å²) >= 11 is 0. The molecule has 76 valence electrons. The van der Waals surface area contributed by atoms with Gasteiger partial charge in [0.2, 0.25) is 0 Å². The standard InChI is InChI=1S/C9H11FN2O2/c1-2-14-12-9(13)6-3-4-8(11)7(10)5-6/h3-5H,2,11H2,1H3,(H,12,13). The van der Waals surface area contributed by atoms with E-state index in [0.717, 1.165) is 6.07 Å². The van der Waals surface area contributed by atoms with Crippen molar-refractivity contribution in [2.45, 2.75) is 6.92 Å². The van der Waals surface area contributed by atoms with Crippen LogP contribution in [0.25, 0.3) is 0 Å². The van der Waals surface area contributed by atoms with Gasteiger partial charge in [-0.2, -0.15) is 0 Å². The van der Waals surface area contributed by atoms with Crippen LogP contribution in [0.3, 0.4) is 0 Å². The summed E-state index contributed by atoms with van der Waals surface area (Å²) in [7, 11) is 0. The number of nitrogens with one attached hydrogen (secondary N) is 1. The number of hydrogen-bond donors (Lipinski definition) is 2. The number of rotatable bonds is 3. The van der Waals surface area contributed by atoms with E-state index in [4.69, 9.17) is 5.73 Å². The molecule has 0 bridgehead atoms. The molecule has 0 aromatic heterocycles. The van der Waals surface area contributed by atoms with E-state index in [2.05, 4.69) is 10.3 Å². The number of hydrogen-bond acceptors (Lipinski definition) is 3. The molecular weight excluding hydrogens is 187 g/mol. The first-order valence-corrected chi connectivity index (χ1v) is 4.12. The summed E-state index contributed by atoms with van der Waals surface area (Å²) < 4.78 is 12.9. The van der Waals surface area contributed by atoms with E-state index in [1.54, 1.807) is 6.92 Å². The fourth-order valence-electron chi connectivity index (χ4n) is 0.865. The van der Waals surface area contributed by atoms with Gasteiger partial charge in [-0.1, -0.05) is 0 Å². The molecule has 14 heavy (non-hydrogen) atoms. The molecule has 5 heteroatoms. The largest absolute Gasteiger partial charge is 0.396 e. The number of carbonyl (C=O) groups excluding carboxylic acids is 1. The van der Waals surface area contributed by atoms with E-state index in [9.17, 15) is 9.18 Å². The maximum absolute atomic E-state index is 12.9. The number of hydroxylamine groups is 1. The zero-order chi connectivity index (χ0) is 10.6. The molecule has 0 radical (unpaired) electrons. The Morgan fingerprint density at radius 2 is 2.36 bits per heavy atom. The molecule has 0 aliphatic rings. The van der Waals surface area contributed by atoms with Gasteiger partial charge in [-0.3, -0.25) is 9.63 Å². The second-order valence-corrected chi connectivity index (χ2v) is 2.60. The van der Waals surface area contributed by atoms with E-state index in [0.29, 0.717) is 6.61 Å². The van der Waals surface area contributed by atoms with Crippen LogP contribution in [-0.4, -0.2) is 12.5 Å². The van der Waals surface area contributed by atoms with Crippen LogP contribution in [0.1, 0.15) is 17.3 Å². The zero-order valence-corrected chi connectivity index (χ0v) is 7.71. The van der Waals surface area contributed by atoms with E-state index < -0.39 is 11.7 Å². The molecular formula is C9H11FN2O2. The summed E-state index contributed by atoms with van der Waals surface area (Å²) in [5.74, 6) is -1.11. The second-order valence-electron chi connectivity index (χ2n) is 2.60. The predicted octanol–water partition coefficient (Wildman–Crippen LogP) is 1.09. The van der Waals surface area contributed by atoms with Crippen molar-refractivity contribution in [3.05, 3.63) is 29.6 Å². The molecule has 0 saturated heterocycles. The highest BCUT2D eigenvalue weighted by molar-refractivity contribution is 5.93. The first-order valence-electron chi connectivity index (χ1n) is 4.12. The van der Waals surface area contributed by atoms with E-state index in [-0.39, 0.29) is 11.3 Å². The lowest BCUT2D eigenvalue weighted by Gasteiger charge is -2.04. The molecule has 0 spiro atoms. The van der Waals surface area contributed by atoms with Crippen molar-refractivity contribution in [3.63, 3.8) is 0 Å². The van der Waals surface area contributed by atoms with Crippen LogP contribution in [0.15, 0.2) is 18.2 Å². The minimum Gasteiger partial charge on any atom is -0.396 e. The normalized spacial score (nSPS) is 9.86. The van der Waals surface area contributed by atoms with Gasteiger partial charge in [0.05, 0.1) is 12.3 Å². The highest BCUT2D eigenvalue weighted by atomic mass is 19.1. The van der Waals surface area contributed by atoms with Crippen molar-refractivity contribution in [3.8, 4) is 0 Å². The first-order chi connectivity index (χ1) is 6.65. The molecule has 0 unspecified atom stereocenters. The summed E-state index contributed by atoms with van der Waals surface area (Å²) in [5, 5.41) is 0. The lowest BCUT2D eigenvalue weighted by atomic mass is 10.2. The number of nitrogen functional groups attached to an aromatic ring is 1. The molecule has 1 aromatic carbocycles. The molecule has 0 aliphatic carbocycles. The van der Waals surface area contributed by atoms with Crippen LogP contribution in [0, 0.1) is 5.82 Å². The summed E-state index contributed by atoms with van der Waals surface area (Å²) in [6.07, 6.45) is 0. The monoisotopic (exact) mass is 198 g/mol. The number of benzene rings is 1. The minimum atomic E-state index is -0.617. The third kappa shape index (κ3) is 2.43. The smallest absolute Gasteiger partial charge is 0.274 e. The molecule has 4 nitrogen and oxygen atoms in total. The quantitative estimate of drug-likeness (QED) is 0.564. The maximum atomic E-state index is 12.9. The van der Waals surface area contributed by atoms with Gasteiger partial charge >= 0.3 is 0 Å². The number of amides is 1. The van der Waals surface area contributed by atoms with Crippen molar-refractivity contribution in [1.82, 2.24) is 5.48 Å². The maximum Gasteiger partial charge on any atom is 0.274 e. The van der Waals surface area contributed by atoms with Gasteiger partial charge in [0.15, 0.2) is 0 Å². The zero-order valence-electron chi connectivity index (χ0n) is 7.71. The van der Waals surface area contributed by atoms with Crippen molar-refractivity contribution < 1.29 is 14.0 Å². The van der Waals surface area contributed by atoms with Gasteiger partial charge in [-0.05, 0) is 25.1 Å². The van der Waals surface area contributed by atoms with Crippen LogP contribution in [-0.2, 0) is 4.84 Å². The molecule has 1 rings (SSSR count). The average Bonchev–Trinajstić information content (AvgIpc) is 2.18. The van der Waals surface area contributed by atoms with Gasteiger partial charge in [-0.15, -0.1) is 0 Å². The van der Waals surface area contributed by atoms with Crippen molar-refractivity contribution in [2.24, 2.45) is 0 Å². The Labute approximate surface area is 80.8 Å². The van der Waals surface area contributed by atoms with Crippen LogP contribution in [0.5, 0.6) is 0 Å². The summed E-state index contributed by atoms with van der Waals surface area (Å²) in [6, 6.07) is 3.81. The molecule has 0 fully saturated rings. The Morgan fingerprint density at radius 3 is 2.93 bits per heavy atom. The molecule has 0 heterocycles. The highest BCUT2D eigenvalue weighted by Crippen LogP contribution is 2.11. The van der Waals surface area contributed by atoms with Crippen LogP contribution >= 0.6 is 0 Å².